The highest BCUT2D eigenvalue weighted by atomic mass is 16.6. The van der Waals surface area contributed by atoms with Crippen LogP contribution < -0.4 is 10.6 Å². The van der Waals surface area contributed by atoms with E-state index >= 15 is 0 Å². The number of nitrogens with zero attached hydrogens (tertiary/aromatic N) is 3. The zero-order valence-corrected chi connectivity index (χ0v) is 13.4. The van der Waals surface area contributed by atoms with Gasteiger partial charge in [0.25, 0.3) is 0 Å². The molecule has 24 heavy (non-hydrogen) atoms. The van der Waals surface area contributed by atoms with E-state index in [0.29, 0.717) is 18.9 Å². The Bertz CT molecular complexity index is 784. The molecule has 0 unspecified atom stereocenters. The first-order chi connectivity index (χ1) is 11.5. The maximum absolute atomic E-state index is 12.0. The van der Waals surface area contributed by atoms with E-state index in [1.165, 1.54) is 17.3 Å². The molecular formula is C16H19N5O3. The van der Waals surface area contributed by atoms with E-state index in [0.717, 1.165) is 18.7 Å². The lowest BCUT2D eigenvalue weighted by molar-refractivity contribution is -0.389. The molecule has 0 aliphatic carbocycles. The van der Waals surface area contributed by atoms with E-state index in [9.17, 15) is 14.9 Å². The van der Waals surface area contributed by atoms with E-state index in [2.05, 4.69) is 27.8 Å². The second kappa shape index (κ2) is 6.79. The van der Waals surface area contributed by atoms with Gasteiger partial charge in [-0.1, -0.05) is 18.2 Å². The summed E-state index contributed by atoms with van der Waals surface area (Å²) in [4.78, 5) is 26.0. The van der Waals surface area contributed by atoms with Crippen LogP contribution in [0.25, 0.3) is 0 Å². The number of fused-ring (bicyclic) bond motifs is 1. The van der Waals surface area contributed by atoms with E-state index < -0.39 is 4.92 Å². The van der Waals surface area contributed by atoms with Gasteiger partial charge in [-0.25, -0.2) is 0 Å². The van der Waals surface area contributed by atoms with Crippen LogP contribution in [0.4, 0.5) is 5.82 Å². The normalized spacial score (nSPS) is 12.9. The first-order valence-corrected chi connectivity index (χ1v) is 7.79. The lowest BCUT2D eigenvalue weighted by Gasteiger charge is -2.07. The highest BCUT2D eigenvalue weighted by molar-refractivity contribution is 5.75. The van der Waals surface area contributed by atoms with Gasteiger partial charge >= 0.3 is 5.82 Å². The third-order valence-corrected chi connectivity index (χ3v) is 4.12. The van der Waals surface area contributed by atoms with Crippen LogP contribution in [0, 0.1) is 17.0 Å². The molecule has 2 aromatic rings. The van der Waals surface area contributed by atoms with Gasteiger partial charge < -0.3 is 25.3 Å². The summed E-state index contributed by atoms with van der Waals surface area (Å²) >= 11 is 0. The third-order valence-electron chi connectivity index (χ3n) is 4.12. The number of amides is 1. The smallest absolute Gasteiger partial charge is 0.358 e. The summed E-state index contributed by atoms with van der Waals surface area (Å²) in [5, 5.41) is 16.9. The number of aromatic nitrogens is 2. The number of hydrogen-bond acceptors (Lipinski definition) is 5. The van der Waals surface area contributed by atoms with Gasteiger partial charge in [0.05, 0.1) is 0 Å². The Hall–Kier alpha value is -2.74. The fourth-order valence-corrected chi connectivity index (χ4v) is 2.78. The van der Waals surface area contributed by atoms with Crippen molar-refractivity contribution in [2.45, 2.75) is 39.5 Å². The minimum atomic E-state index is -0.535. The Morgan fingerprint density at radius 3 is 2.96 bits per heavy atom. The molecular weight excluding hydrogens is 310 g/mol. The van der Waals surface area contributed by atoms with Crippen LogP contribution in [0.5, 0.6) is 0 Å². The predicted octanol–water partition coefficient (Wildman–Crippen LogP) is 1.41. The first-order valence-electron chi connectivity index (χ1n) is 7.79. The minimum absolute atomic E-state index is 0.0932. The number of hydrogen-bond donors (Lipinski definition) is 2. The number of imidazole rings is 1. The summed E-state index contributed by atoms with van der Waals surface area (Å²) in [5.74, 6) is 0.240. The number of rotatable bonds is 6. The van der Waals surface area contributed by atoms with Crippen molar-refractivity contribution in [3.63, 3.8) is 0 Å². The van der Waals surface area contributed by atoms with E-state index in [-0.39, 0.29) is 18.1 Å². The zero-order chi connectivity index (χ0) is 17.1. The Morgan fingerprint density at radius 2 is 2.21 bits per heavy atom. The third kappa shape index (κ3) is 3.60. The van der Waals surface area contributed by atoms with E-state index in [1.807, 2.05) is 6.07 Å². The molecule has 1 amide bonds. The fourth-order valence-electron chi connectivity index (χ4n) is 2.78. The van der Waals surface area contributed by atoms with Gasteiger partial charge in [-0.15, -0.1) is 0 Å². The molecule has 3 rings (SSSR count). The van der Waals surface area contributed by atoms with Crippen LogP contribution in [0.1, 0.15) is 28.9 Å². The molecule has 8 heteroatoms. The molecule has 126 valence electrons. The Kier molecular flexibility index (Phi) is 4.57. The van der Waals surface area contributed by atoms with E-state index in [1.54, 1.807) is 11.5 Å². The fraction of sp³-hybridized carbons (Fsp3) is 0.375. The first kappa shape index (κ1) is 16.1. The number of nitro groups is 1. The van der Waals surface area contributed by atoms with Crippen molar-refractivity contribution in [3.8, 4) is 0 Å². The van der Waals surface area contributed by atoms with Crippen LogP contribution >= 0.6 is 0 Å². The van der Waals surface area contributed by atoms with Crippen LogP contribution in [0.2, 0.25) is 0 Å². The maximum Gasteiger partial charge on any atom is 0.381 e. The zero-order valence-electron chi connectivity index (χ0n) is 13.4. The van der Waals surface area contributed by atoms with Crippen molar-refractivity contribution in [1.82, 2.24) is 20.2 Å². The van der Waals surface area contributed by atoms with Gasteiger partial charge in [0.1, 0.15) is 6.20 Å². The lowest BCUT2D eigenvalue weighted by atomic mass is 10.1. The second-order valence-corrected chi connectivity index (χ2v) is 5.83. The minimum Gasteiger partial charge on any atom is -0.358 e. The van der Waals surface area contributed by atoms with Crippen LogP contribution in [0.15, 0.2) is 24.4 Å². The highest BCUT2D eigenvalue weighted by Crippen LogP contribution is 2.17. The van der Waals surface area contributed by atoms with Gasteiger partial charge in [0.2, 0.25) is 11.7 Å². The van der Waals surface area contributed by atoms with Crippen LogP contribution in [0.3, 0.4) is 0 Å². The summed E-state index contributed by atoms with van der Waals surface area (Å²) in [5.41, 5.74) is 3.66. The Labute approximate surface area is 139 Å². The summed E-state index contributed by atoms with van der Waals surface area (Å²) in [7, 11) is 0. The molecule has 1 aliphatic heterocycles. The molecule has 0 saturated heterocycles. The second-order valence-electron chi connectivity index (χ2n) is 5.83. The van der Waals surface area contributed by atoms with Crippen molar-refractivity contribution < 1.29 is 9.72 Å². The SMILES string of the molecule is Cc1nc([N+](=O)[O-])cn1CCC(=O)NCc1ccc2c(c1)CNC2. The average molecular weight is 329 g/mol. The van der Waals surface area contributed by atoms with Crippen molar-refractivity contribution >= 4 is 11.7 Å². The van der Waals surface area contributed by atoms with Gasteiger partial charge in [-0.05, 0) is 26.6 Å². The maximum atomic E-state index is 12.0. The number of nitrogens with one attached hydrogen (secondary N) is 2. The number of carbonyl (C=O) groups excluding carboxylic acids is 1. The Balaban J connectivity index is 1.50. The average Bonchev–Trinajstić information content (AvgIpc) is 3.16. The van der Waals surface area contributed by atoms with Crippen LogP contribution in [-0.2, 0) is 31.0 Å². The van der Waals surface area contributed by atoms with Gasteiger partial charge in [-0.2, -0.15) is 0 Å². The molecule has 1 aromatic carbocycles. The lowest BCUT2D eigenvalue weighted by Crippen LogP contribution is -2.24. The number of carbonyl (C=O) groups is 1. The van der Waals surface area contributed by atoms with Gasteiger partial charge in [-0.3, -0.25) is 4.79 Å². The number of aryl methyl sites for hydroxylation is 2. The molecule has 0 atom stereocenters. The molecule has 8 nitrogen and oxygen atoms in total. The van der Waals surface area contributed by atoms with E-state index in [4.69, 9.17) is 0 Å². The highest BCUT2D eigenvalue weighted by Gasteiger charge is 2.15. The summed E-state index contributed by atoms with van der Waals surface area (Å²) in [6.07, 6.45) is 1.61. The molecule has 0 bridgehead atoms. The Morgan fingerprint density at radius 1 is 1.42 bits per heavy atom. The van der Waals surface area contributed by atoms with Gasteiger partial charge in [0.15, 0.2) is 0 Å². The van der Waals surface area contributed by atoms with Crippen molar-refractivity contribution in [1.29, 1.82) is 0 Å². The molecule has 2 heterocycles. The molecule has 1 aliphatic rings. The van der Waals surface area contributed by atoms with Gasteiger partial charge in [0, 0.05) is 39.5 Å². The summed E-state index contributed by atoms with van der Waals surface area (Å²) in [6.45, 7) is 4.31. The standard InChI is InChI=1S/C16H19N5O3/c1-11-19-15(21(23)24)10-20(11)5-4-16(22)18-7-12-2-3-13-8-17-9-14(13)6-12/h2-3,6,10,17H,4-5,7-9H2,1H3,(H,18,22). The molecule has 0 radical (unpaired) electrons. The summed E-state index contributed by atoms with van der Waals surface area (Å²) in [6, 6.07) is 6.22. The predicted molar refractivity (Wildman–Crippen MR) is 87.1 cm³/mol. The quantitative estimate of drug-likeness (QED) is 0.616. The summed E-state index contributed by atoms with van der Waals surface area (Å²) < 4.78 is 1.62. The molecule has 0 spiro atoms. The monoisotopic (exact) mass is 329 g/mol. The molecule has 0 saturated carbocycles. The number of benzene rings is 1. The van der Waals surface area contributed by atoms with Crippen molar-refractivity contribution in [3.05, 3.63) is 57.0 Å². The van der Waals surface area contributed by atoms with Crippen LogP contribution in [-0.4, -0.2) is 20.4 Å². The topological polar surface area (TPSA) is 102 Å². The van der Waals surface area contributed by atoms with Crippen molar-refractivity contribution in [2.24, 2.45) is 0 Å². The van der Waals surface area contributed by atoms with Crippen molar-refractivity contribution in [2.75, 3.05) is 0 Å². The molecule has 2 N–H and O–H groups in total. The largest absolute Gasteiger partial charge is 0.381 e. The molecule has 1 aromatic heterocycles. The molecule has 0 fully saturated rings.